The van der Waals surface area contributed by atoms with Gasteiger partial charge in [-0.1, -0.05) is 45.5 Å². The van der Waals surface area contributed by atoms with E-state index in [0.717, 1.165) is 19.3 Å². The minimum absolute atomic E-state index is 0.336. The van der Waals surface area contributed by atoms with E-state index in [1.54, 1.807) is 0 Å². The molecule has 0 amide bonds. The van der Waals surface area contributed by atoms with Crippen molar-refractivity contribution in [2.75, 3.05) is 13.3 Å². The van der Waals surface area contributed by atoms with Gasteiger partial charge in [0.05, 0.1) is 12.5 Å². The van der Waals surface area contributed by atoms with Crippen molar-refractivity contribution in [2.24, 2.45) is 5.92 Å². The van der Waals surface area contributed by atoms with Crippen molar-refractivity contribution in [3.63, 3.8) is 0 Å². The maximum Gasteiger partial charge on any atom is 0.477 e. The molecular weight excluding hydrogens is 391 g/mol. The maximum atomic E-state index is 12.7. The normalized spacial score (nSPS) is 19.5. The molecule has 0 aromatic heterocycles. The Morgan fingerprint density at radius 2 is 1.59 bits per heavy atom. The van der Waals surface area contributed by atoms with Crippen LogP contribution < -0.4 is 0 Å². The summed E-state index contributed by atoms with van der Waals surface area (Å²) in [7, 11) is -0.611. The fourth-order valence-corrected chi connectivity index (χ4v) is 2.17. The summed E-state index contributed by atoms with van der Waals surface area (Å²) in [4.78, 5) is 11.8. The Bertz CT molecular complexity index is 426. The van der Waals surface area contributed by atoms with Crippen LogP contribution in [0.3, 0.4) is 0 Å². The van der Waals surface area contributed by atoms with E-state index in [-0.39, 0.29) is 5.92 Å². The van der Waals surface area contributed by atoms with Crippen LogP contribution in [0, 0.1) is 5.92 Å². The Kier molecular flexibility index (Phi) is 11.0. The highest BCUT2D eigenvalue weighted by Gasteiger charge is 2.57. The summed E-state index contributed by atoms with van der Waals surface area (Å²) in [5, 5.41) is 8.41. The minimum Gasteiger partial charge on any atom is -0.459 e. The number of halogens is 5. The first-order chi connectivity index (χ1) is 12.2. The summed E-state index contributed by atoms with van der Waals surface area (Å²) in [5.41, 5.74) is 0. The molecule has 1 fully saturated rings. The molecule has 0 aromatic rings. The van der Waals surface area contributed by atoms with Crippen molar-refractivity contribution in [1.29, 1.82) is 0 Å². The zero-order chi connectivity index (χ0) is 21.3. The van der Waals surface area contributed by atoms with Crippen LogP contribution in [-0.2, 0) is 14.3 Å². The molecule has 2 unspecified atom stereocenters. The van der Waals surface area contributed by atoms with Crippen molar-refractivity contribution in [3.05, 3.63) is 0 Å². The maximum absolute atomic E-state index is 12.7. The second kappa shape index (κ2) is 11.3. The topological polar surface area (TPSA) is 55.8 Å². The summed E-state index contributed by atoms with van der Waals surface area (Å²) in [6, 6.07) is -4.80. The van der Waals surface area contributed by atoms with Gasteiger partial charge in [0.2, 0.25) is 0 Å². The molecule has 1 saturated carbocycles. The molecule has 0 aromatic carbocycles. The lowest BCUT2D eigenvalue weighted by atomic mass is 9.89. The molecule has 10 heteroatoms. The second-order valence-electron chi connectivity index (χ2n) is 8.24. The zero-order valence-corrected chi connectivity index (χ0v) is 17.4. The standard InChI is InChI=1S/C13H19F5O4.C4H12Si/c14-8-10(6-7-21-13(18,20)12(15,16)17)22-11(19)9-4-2-1-3-5-9;1-5(2,3)4/h9-10,20H,1-8H2;1-4H3. The molecule has 0 radical (unpaired) electrons. The van der Waals surface area contributed by atoms with Crippen molar-refractivity contribution in [2.45, 2.75) is 83.0 Å². The number of carbonyl (C=O) groups is 1. The number of carbonyl (C=O) groups excluding carboxylic acids is 1. The van der Waals surface area contributed by atoms with Gasteiger partial charge < -0.3 is 14.6 Å². The molecule has 1 aliphatic rings. The fraction of sp³-hybridized carbons (Fsp3) is 0.941. The number of esters is 1. The predicted molar refractivity (Wildman–Crippen MR) is 94.3 cm³/mol. The Morgan fingerprint density at radius 1 is 1.11 bits per heavy atom. The molecule has 1 rings (SSSR count). The third-order valence-electron chi connectivity index (χ3n) is 3.48. The molecule has 1 N–H and O–H groups in total. The second-order valence-corrected chi connectivity index (χ2v) is 14.2. The first kappa shape index (κ1) is 26.3. The van der Waals surface area contributed by atoms with Crippen LogP contribution in [-0.4, -0.2) is 50.8 Å². The van der Waals surface area contributed by atoms with Gasteiger partial charge in [0.15, 0.2) is 0 Å². The number of ether oxygens (including phenoxy) is 2. The third kappa shape index (κ3) is 12.4. The summed E-state index contributed by atoms with van der Waals surface area (Å²) < 4.78 is 69.9. The lowest BCUT2D eigenvalue weighted by molar-refractivity contribution is -0.424. The number of rotatable bonds is 7. The minimum atomic E-state index is -5.61. The van der Waals surface area contributed by atoms with Crippen molar-refractivity contribution in [3.8, 4) is 0 Å². The quantitative estimate of drug-likeness (QED) is 0.272. The molecule has 27 heavy (non-hydrogen) atoms. The zero-order valence-electron chi connectivity index (χ0n) is 16.4. The highest BCUT2D eigenvalue weighted by atomic mass is 28.3. The number of hydrogen-bond acceptors (Lipinski definition) is 4. The number of alkyl halides is 5. The highest BCUT2D eigenvalue weighted by Crippen LogP contribution is 2.32. The average molecular weight is 423 g/mol. The van der Waals surface area contributed by atoms with Crippen LogP contribution in [0.2, 0.25) is 26.2 Å². The van der Waals surface area contributed by atoms with Crippen LogP contribution in [0.4, 0.5) is 22.0 Å². The monoisotopic (exact) mass is 422 g/mol. The largest absolute Gasteiger partial charge is 0.477 e. The fourth-order valence-electron chi connectivity index (χ4n) is 2.17. The van der Waals surface area contributed by atoms with Gasteiger partial charge in [-0.2, -0.15) is 17.6 Å². The molecule has 1 aliphatic carbocycles. The summed E-state index contributed by atoms with van der Waals surface area (Å²) in [6.07, 6.45) is -3.42. The molecule has 4 nitrogen and oxygen atoms in total. The molecule has 0 heterocycles. The van der Waals surface area contributed by atoms with Gasteiger partial charge in [0.1, 0.15) is 12.8 Å². The highest BCUT2D eigenvalue weighted by molar-refractivity contribution is 6.74. The van der Waals surface area contributed by atoms with Gasteiger partial charge in [-0.05, 0) is 12.8 Å². The third-order valence-corrected chi connectivity index (χ3v) is 3.48. The first-order valence-corrected chi connectivity index (χ1v) is 13.1. The van der Waals surface area contributed by atoms with E-state index in [0.29, 0.717) is 12.8 Å². The van der Waals surface area contributed by atoms with E-state index >= 15 is 0 Å². The van der Waals surface area contributed by atoms with Gasteiger partial charge in [-0.15, -0.1) is 0 Å². The van der Waals surface area contributed by atoms with Gasteiger partial charge in [-0.3, -0.25) is 4.79 Å². The lowest BCUT2D eigenvalue weighted by Crippen LogP contribution is -2.44. The van der Waals surface area contributed by atoms with Gasteiger partial charge in [0, 0.05) is 14.5 Å². The van der Waals surface area contributed by atoms with E-state index < -0.39 is 52.1 Å². The van der Waals surface area contributed by atoms with Crippen LogP contribution in [0.25, 0.3) is 0 Å². The summed E-state index contributed by atoms with van der Waals surface area (Å²) >= 11 is 0. The molecule has 2 atom stereocenters. The smallest absolute Gasteiger partial charge is 0.459 e. The Balaban J connectivity index is 0.00000119. The Hall–Kier alpha value is -0.743. The Labute approximate surface area is 158 Å². The Morgan fingerprint density at radius 3 is 2.00 bits per heavy atom. The molecule has 0 bridgehead atoms. The van der Waals surface area contributed by atoms with Crippen molar-refractivity contribution < 1.29 is 41.3 Å². The van der Waals surface area contributed by atoms with E-state index in [9.17, 15) is 26.7 Å². The van der Waals surface area contributed by atoms with E-state index in [1.165, 1.54) is 0 Å². The predicted octanol–water partition coefficient (Wildman–Crippen LogP) is 4.99. The van der Waals surface area contributed by atoms with Crippen LogP contribution in [0.15, 0.2) is 0 Å². The SMILES string of the molecule is C[Si](C)(C)C.O=C(OC(CF)CCOC(O)(F)C(F)(F)F)C1CCCCC1. The summed E-state index contributed by atoms with van der Waals surface area (Å²) in [5.74, 6) is -0.939. The van der Waals surface area contributed by atoms with E-state index in [1.807, 2.05) is 0 Å². The molecular formula is C17H31F5O4Si. The van der Waals surface area contributed by atoms with E-state index in [2.05, 4.69) is 30.9 Å². The molecule has 0 aliphatic heterocycles. The molecule has 162 valence electrons. The van der Waals surface area contributed by atoms with Gasteiger partial charge >= 0.3 is 18.2 Å². The van der Waals surface area contributed by atoms with Crippen LogP contribution >= 0.6 is 0 Å². The lowest BCUT2D eigenvalue weighted by Gasteiger charge is -2.24. The van der Waals surface area contributed by atoms with Crippen molar-refractivity contribution >= 4 is 14.0 Å². The summed E-state index contributed by atoms with van der Waals surface area (Å²) in [6.45, 7) is 7.23. The first-order valence-electron chi connectivity index (χ1n) is 9.06. The van der Waals surface area contributed by atoms with Crippen molar-refractivity contribution in [1.82, 2.24) is 0 Å². The number of aliphatic hydroxyl groups is 1. The average Bonchev–Trinajstić information content (AvgIpc) is 2.51. The van der Waals surface area contributed by atoms with Gasteiger partial charge in [-0.25, -0.2) is 4.39 Å². The van der Waals surface area contributed by atoms with E-state index in [4.69, 9.17) is 9.84 Å². The molecule has 0 spiro atoms. The van der Waals surface area contributed by atoms with Gasteiger partial charge in [0.25, 0.3) is 0 Å². The number of hydrogen-bond donors (Lipinski definition) is 1. The van der Waals surface area contributed by atoms with Crippen LogP contribution in [0.5, 0.6) is 0 Å². The van der Waals surface area contributed by atoms with Crippen LogP contribution in [0.1, 0.15) is 38.5 Å². The molecule has 0 saturated heterocycles.